The van der Waals surface area contributed by atoms with E-state index in [9.17, 15) is 0 Å². The Morgan fingerprint density at radius 3 is 2.92 bits per heavy atom. The number of anilines is 1. The molecule has 1 aliphatic heterocycles. The van der Waals surface area contributed by atoms with Crippen LogP contribution in [0.4, 0.5) is 5.69 Å². The van der Waals surface area contributed by atoms with Gasteiger partial charge in [-0.15, -0.1) is 0 Å². The Morgan fingerprint density at radius 2 is 2.08 bits per heavy atom. The van der Waals surface area contributed by atoms with E-state index in [2.05, 4.69) is 22.3 Å². The van der Waals surface area contributed by atoms with Gasteiger partial charge >= 0.3 is 0 Å². The molecule has 0 unspecified atom stereocenters. The van der Waals surface area contributed by atoms with Crippen molar-refractivity contribution in [3.05, 3.63) is 53.6 Å². The topological polar surface area (TPSA) is 43.0 Å². The second-order valence-electron chi connectivity index (χ2n) is 6.04. The summed E-state index contributed by atoms with van der Waals surface area (Å²) < 4.78 is 16.8. The Bertz CT molecular complexity index is 690. The van der Waals surface area contributed by atoms with Gasteiger partial charge in [0.15, 0.2) is 0 Å². The van der Waals surface area contributed by atoms with E-state index in [1.165, 1.54) is 11.1 Å². The number of nitrogens with zero attached hydrogens (tertiary/aromatic N) is 1. The van der Waals surface area contributed by atoms with E-state index in [1.54, 1.807) is 7.11 Å². The van der Waals surface area contributed by atoms with Crippen molar-refractivity contribution in [1.29, 1.82) is 0 Å². The van der Waals surface area contributed by atoms with Gasteiger partial charge in [-0.25, -0.2) is 0 Å². The predicted molar refractivity (Wildman–Crippen MR) is 99.2 cm³/mol. The highest BCUT2D eigenvalue weighted by molar-refractivity contribution is 5.56. The molecule has 1 aliphatic rings. The molecule has 134 valence electrons. The summed E-state index contributed by atoms with van der Waals surface area (Å²) >= 11 is 0. The summed E-state index contributed by atoms with van der Waals surface area (Å²) in [5, 5.41) is 3.49. The second kappa shape index (κ2) is 8.74. The largest absolute Gasteiger partial charge is 0.492 e. The Hall–Kier alpha value is -2.24. The Labute approximate surface area is 149 Å². The predicted octanol–water partition coefficient (Wildman–Crippen LogP) is 3.50. The van der Waals surface area contributed by atoms with Crippen molar-refractivity contribution in [3.8, 4) is 11.5 Å². The molecule has 1 N–H and O–H groups in total. The van der Waals surface area contributed by atoms with Gasteiger partial charge < -0.3 is 19.5 Å². The number of para-hydroxylation sites is 2. The maximum Gasteiger partial charge on any atom is 0.142 e. The van der Waals surface area contributed by atoms with Crippen molar-refractivity contribution >= 4 is 5.69 Å². The van der Waals surface area contributed by atoms with Crippen LogP contribution in [0.5, 0.6) is 11.5 Å². The fourth-order valence-corrected chi connectivity index (χ4v) is 2.98. The van der Waals surface area contributed by atoms with E-state index in [4.69, 9.17) is 14.2 Å². The van der Waals surface area contributed by atoms with Gasteiger partial charge in [0.25, 0.3) is 0 Å². The van der Waals surface area contributed by atoms with E-state index in [-0.39, 0.29) is 0 Å². The van der Waals surface area contributed by atoms with Crippen LogP contribution >= 0.6 is 0 Å². The SMILES string of the molecule is CCOc1ccccc1NCN1CCOc2ccc(COC)cc2C1. The van der Waals surface area contributed by atoms with Crippen LogP contribution in [0.25, 0.3) is 0 Å². The first kappa shape index (κ1) is 17.6. The summed E-state index contributed by atoms with van der Waals surface area (Å²) in [5.41, 5.74) is 3.39. The van der Waals surface area contributed by atoms with Crippen molar-refractivity contribution < 1.29 is 14.2 Å². The third-order valence-corrected chi connectivity index (χ3v) is 4.17. The minimum atomic E-state index is 0.618. The van der Waals surface area contributed by atoms with Gasteiger partial charge in [0.2, 0.25) is 0 Å². The quantitative estimate of drug-likeness (QED) is 0.834. The highest BCUT2D eigenvalue weighted by Crippen LogP contribution is 2.26. The third kappa shape index (κ3) is 4.65. The lowest BCUT2D eigenvalue weighted by molar-refractivity contribution is 0.184. The number of hydrogen-bond donors (Lipinski definition) is 1. The van der Waals surface area contributed by atoms with Crippen LogP contribution in [-0.4, -0.2) is 38.4 Å². The van der Waals surface area contributed by atoms with Gasteiger partial charge in [-0.2, -0.15) is 0 Å². The molecule has 0 radical (unpaired) electrons. The number of benzene rings is 2. The summed E-state index contributed by atoms with van der Waals surface area (Å²) in [7, 11) is 1.72. The minimum absolute atomic E-state index is 0.618. The fraction of sp³-hybridized carbons (Fsp3) is 0.400. The van der Waals surface area contributed by atoms with Crippen LogP contribution in [0.1, 0.15) is 18.1 Å². The summed E-state index contributed by atoms with van der Waals surface area (Å²) in [6.45, 7) is 6.41. The van der Waals surface area contributed by atoms with Crippen LogP contribution in [0.3, 0.4) is 0 Å². The molecule has 5 heteroatoms. The molecule has 0 saturated heterocycles. The highest BCUT2D eigenvalue weighted by Gasteiger charge is 2.16. The molecule has 0 aliphatic carbocycles. The maximum atomic E-state index is 5.89. The summed E-state index contributed by atoms with van der Waals surface area (Å²) in [4.78, 5) is 2.34. The maximum absolute atomic E-state index is 5.89. The highest BCUT2D eigenvalue weighted by atomic mass is 16.5. The number of hydrogen-bond acceptors (Lipinski definition) is 5. The summed E-state index contributed by atoms with van der Waals surface area (Å²) in [6.07, 6.45) is 0. The van der Waals surface area contributed by atoms with Crippen molar-refractivity contribution in [2.75, 3.05) is 38.9 Å². The molecule has 3 rings (SSSR count). The van der Waals surface area contributed by atoms with Gasteiger partial charge in [-0.1, -0.05) is 18.2 Å². The van der Waals surface area contributed by atoms with E-state index in [0.29, 0.717) is 19.8 Å². The van der Waals surface area contributed by atoms with Gasteiger partial charge in [-0.05, 0) is 36.8 Å². The molecule has 0 amide bonds. The molecule has 25 heavy (non-hydrogen) atoms. The van der Waals surface area contributed by atoms with Gasteiger partial charge in [-0.3, -0.25) is 4.90 Å². The molecule has 0 spiro atoms. The number of ether oxygens (including phenoxy) is 3. The van der Waals surface area contributed by atoms with Crippen molar-refractivity contribution in [1.82, 2.24) is 4.90 Å². The number of rotatable bonds is 7. The third-order valence-electron chi connectivity index (χ3n) is 4.17. The van der Waals surface area contributed by atoms with Gasteiger partial charge in [0, 0.05) is 25.8 Å². The monoisotopic (exact) mass is 342 g/mol. The lowest BCUT2D eigenvalue weighted by atomic mass is 10.1. The van der Waals surface area contributed by atoms with Crippen LogP contribution in [0.15, 0.2) is 42.5 Å². The van der Waals surface area contributed by atoms with Crippen LogP contribution < -0.4 is 14.8 Å². The van der Waals surface area contributed by atoms with Gasteiger partial charge in [0.05, 0.1) is 25.6 Å². The van der Waals surface area contributed by atoms with Gasteiger partial charge in [0.1, 0.15) is 18.1 Å². The molecule has 0 bridgehead atoms. The lowest BCUT2D eigenvalue weighted by Crippen LogP contribution is -2.31. The molecule has 1 heterocycles. The number of methoxy groups -OCH3 is 1. The average molecular weight is 342 g/mol. The molecule has 5 nitrogen and oxygen atoms in total. The molecular formula is C20H26N2O3. The van der Waals surface area contributed by atoms with Crippen LogP contribution in [0.2, 0.25) is 0 Å². The first-order valence-corrected chi connectivity index (χ1v) is 8.71. The zero-order chi connectivity index (χ0) is 17.5. The van der Waals surface area contributed by atoms with Crippen molar-refractivity contribution in [2.24, 2.45) is 0 Å². The lowest BCUT2D eigenvalue weighted by Gasteiger charge is -2.21. The van der Waals surface area contributed by atoms with Crippen LogP contribution in [0, 0.1) is 0 Å². The van der Waals surface area contributed by atoms with E-state index in [0.717, 1.165) is 36.9 Å². The molecule has 0 aromatic heterocycles. The zero-order valence-corrected chi connectivity index (χ0v) is 15.0. The standard InChI is InChI=1S/C20H26N2O3/c1-3-24-20-7-5-4-6-18(20)21-15-22-10-11-25-19-9-8-16(14-23-2)12-17(19)13-22/h4-9,12,21H,3,10-11,13-15H2,1-2H3. The number of nitrogens with one attached hydrogen (secondary N) is 1. The van der Waals surface area contributed by atoms with E-state index in [1.807, 2.05) is 37.3 Å². The smallest absolute Gasteiger partial charge is 0.142 e. The van der Waals surface area contributed by atoms with E-state index >= 15 is 0 Å². The fourth-order valence-electron chi connectivity index (χ4n) is 2.98. The van der Waals surface area contributed by atoms with E-state index < -0.39 is 0 Å². The Balaban J connectivity index is 1.67. The average Bonchev–Trinajstić information content (AvgIpc) is 2.83. The van der Waals surface area contributed by atoms with Crippen LogP contribution in [-0.2, 0) is 17.9 Å². The minimum Gasteiger partial charge on any atom is -0.492 e. The molecular weight excluding hydrogens is 316 g/mol. The zero-order valence-electron chi connectivity index (χ0n) is 15.0. The molecule has 0 atom stereocenters. The molecule has 0 saturated carbocycles. The summed E-state index contributed by atoms with van der Waals surface area (Å²) in [6, 6.07) is 14.3. The first-order chi connectivity index (χ1) is 12.3. The van der Waals surface area contributed by atoms with Crippen molar-refractivity contribution in [3.63, 3.8) is 0 Å². The van der Waals surface area contributed by atoms with Crippen molar-refractivity contribution in [2.45, 2.75) is 20.1 Å². The Morgan fingerprint density at radius 1 is 1.20 bits per heavy atom. The summed E-state index contributed by atoms with van der Waals surface area (Å²) in [5.74, 6) is 1.86. The molecule has 2 aromatic rings. The molecule has 2 aromatic carbocycles. The Kier molecular flexibility index (Phi) is 6.14. The first-order valence-electron chi connectivity index (χ1n) is 8.71. The molecule has 0 fully saturated rings. The second-order valence-corrected chi connectivity index (χ2v) is 6.04. The number of fused-ring (bicyclic) bond motifs is 1. The normalized spacial score (nSPS) is 14.3.